The normalized spacial score (nSPS) is 14.4. The van der Waals surface area contributed by atoms with Crippen LogP contribution in [0.3, 0.4) is 0 Å². The van der Waals surface area contributed by atoms with Crippen LogP contribution in [0.25, 0.3) is 0 Å². The maximum atomic E-state index is 14.2. The van der Waals surface area contributed by atoms with Gasteiger partial charge in [0.05, 0.1) is 12.9 Å². The van der Waals surface area contributed by atoms with Gasteiger partial charge in [-0.2, -0.15) is 0 Å². The Hall–Kier alpha value is -1.86. The number of benzene rings is 1. The van der Waals surface area contributed by atoms with Crippen LogP contribution < -0.4 is 15.0 Å². The molecule has 0 atom stereocenters. The molecular weight excluding hydrogens is 326 g/mol. The van der Waals surface area contributed by atoms with Gasteiger partial charge in [0.1, 0.15) is 18.0 Å². The fourth-order valence-electron chi connectivity index (χ4n) is 2.50. The molecule has 8 heteroatoms. The van der Waals surface area contributed by atoms with E-state index in [9.17, 15) is 8.78 Å². The first-order chi connectivity index (χ1) is 10.7. The summed E-state index contributed by atoms with van der Waals surface area (Å²) in [6.07, 6.45) is 5.14. The van der Waals surface area contributed by atoms with E-state index in [-0.39, 0.29) is 23.8 Å². The summed E-state index contributed by atoms with van der Waals surface area (Å²) in [5, 5.41) is 3.16. The smallest absolute Gasteiger partial charge is 0.153 e. The molecule has 0 radical (unpaired) electrons. The molecule has 23 heavy (non-hydrogen) atoms. The molecule has 3 rings (SSSR count). The van der Waals surface area contributed by atoms with Gasteiger partial charge in [-0.25, -0.2) is 13.8 Å². The SMILES string of the molecule is Cl.Fc1cc(OCCn2ccnc2)cc(F)c1N1CCNCC1. The molecule has 0 saturated carbocycles. The molecule has 2 heterocycles. The van der Waals surface area contributed by atoms with Crippen LogP contribution in [0.15, 0.2) is 30.9 Å². The molecule has 1 aliphatic rings. The number of nitrogens with one attached hydrogen (secondary N) is 1. The van der Waals surface area contributed by atoms with E-state index < -0.39 is 11.6 Å². The predicted molar refractivity (Wildman–Crippen MR) is 86.4 cm³/mol. The number of nitrogens with zero attached hydrogens (tertiary/aromatic N) is 3. The largest absolute Gasteiger partial charge is 0.492 e. The summed E-state index contributed by atoms with van der Waals surface area (Å²) >= 11 is 0. The van der Waals surface area contributed by atoms with Gasteiger partial charge in [0.25, 0.3) is 0 Å². The monoisotopic (exact) mass is 344 g/mol. The van der Waals surface area contributed by atoms with E-state index in [1.807, 2.05) is 4.57 Å². The van der Waals surface area contributed by atoms with Crippen molar-refractivity contribution in [2.24, 2.45) is 0 Å². The Morgan fingerprint density at radius 3 is 2.48 bits per heavy atom. The molecule has 5 nitrogen and oxygen atoms in total. The Kier molecular flexibility index (Phi) is 6.18. The number of hydrogen-bond acceptors (Lipinski definition) is 4. The van der Waals surface area contributed by atoms with Crippen molar-refractivity contribution >= 4 is 18.1 Å². The van der Waals surface area contributed by atoms with Crippen LogP contribution in [0.1, 0.15) is 0 Å². The molecule has 2 aromatic rings. The molecule has 0 unspecified atom stereocenters. The summed E-state index contributed by atoms with van der Waals surface area (Å²) in [6, 6.07) is 2.49. The van der Waals surface area contributed by atoms with Crippen LogP contribution in [0.4, 0.5) is 14.5 Å². The molecule has 1 aliphatic heterocycles. The Bertz CT molecular complexity index is 595. The molecule has 1 saturated heterocycles. The molecule has 1 aromatic carbocycles. The van der Waals surface area contributed by atoms with E-state index in [1.165, 1.54) is 12.1 Å². The van der Waals surface area contributed by atoms with Crippen molar-refractivity contribution in [2.45, 2.75) is 6.54 Å². The second-order valence-electron chi connectivity index (χ2n) is 5.12. The molecule has 0 bridgehead atoms. The minimum absolute atomic E-state index is 0. The lowest BCUT2D eigenvalue weighted by Gasteiger charge is -2.30. The van der Waals surface area contributed by atoms with E-state index in [4.69, 9.17) is 4.74 Å². The molecular formula is C15H19ClF2N4O. The van der Waals surface area contributed by atoms with E-state index in [1.54, 1.807) is 23.6 Å². The quantitative estimate of drug-likeness (QED) is 0.901. The topological polar surface area (TPSA) is 42.3 Å². The maximum Gasteiger partial charge on any atom is 0.153 e. The second kappa shape index (κ2) is 8.12. The van der Waals surface area contributed by atoms with Crippen LogP contribution >= 0.6 is 12.4 Å². The number of halogens is 3. The lowest BCUT2D eigenvalue weighted by Crippen LogP contribution is -2.44. The lowest BCUT2D eigenvalue weighted by molar-refractivity contribution is 0.295. The zero-order valence-electron chi connectivity index (χ0n) is 12.5. The standard InChI is InChI=1S/C15H18F2N4O.ClH/c16-13-9-12(22-8-7-20-4-1-19-11-20)10-14(17)15(13)21-5-2-18-3-6-21;/h1,4,9-11,18H,2-3,5-8H2;1H. The van der Waals surface area contributed by atoms with Crippen LogP contribution in [-0.2, 0) is 6.54 Å². The van der Waals surface area contributed by atoms with Crippen LogP contribution in [0.5, 0.6) is 5.75 Å². The summed E-state index contributed by atoms with van der Waals surface area (Å²) in [4.78, 5) is 5.63. The first-order valence-electron chi connectivity index (χ1n) is 7.27. The molecule has 0 amide bonds. The van der Waals surface area contributed by atoms with Crippen LogP contribution in [0.2, 0.25) is 0 Å². The highest BCUT2D eigenvalue weighted by Crippen LogP contribution is 2.28. The summed E-state index contributed by atoms with van der Waals surface area (Å²) in [5.41, 5.74) is 0.0310. The van der Waals surface area contributed by atoms with Gasteiger partial charge in [-0.1, -0.05) is 0 Å². The third-order valence-electron chi connectivity index (χ3n) is 3.60. The van der Waals surface area contributed by atoms with Gasteiger partial charge in [0.15, 0.2) is 11.6 Å². The Balaban J connectivity index is 0.00000192. The van der Waals surface area contributed by atoms with Crippen LogP contribution in [-0.4, -0.2) is 42.3 Å². The minimum atomic E-state index is -0.584. The average molecular weight is 345 g/mol. The zero-order valence-corrected chi connectivity index (χ0v) is 13.4. The van der Waals surface area contributed by atoms with E-state index >= 15 is 0 Å². The third-order valence-corrected chi connectivity index (χ3v) is 3.60. The molecule has 1 N–H and O–H groups in total. The first kappa shape index (κ1) is 17.5. The maximum absolute atomic E-state index is 14.2. The summed E-state index contributed by atoms with van der Waals surface area (Å²) in [5.74, 6) is -0.965. The van der Waals surface area contributed by atoms with E-state index in [0.717, 1.165) is 13.1 Å². The number of hydrogen-bond donors (Lipinski definition) is 1. The molecule has 1 fully saturated rings. The number of anilines is 1. The van der Waals surface area contributed by atoms with Gasteiger partial charge in [0.2, 0.25) is 0 Å². The van der Waals surface area contributed by atoms with Crippen LogP contribution in [0, 0.1) is 11.6 Å². The Morgan fingerprint density at radius 2 is 1.87 bits per heavy atom. The molecule has 0 aliphatic carbocycles. The predicted octanol–water partition coefficient (Wildman–Crippen LogP) is 2.07. The Morgan fingerprint density at radius 1 is 1.17 bits per heavy atom. The summed E-state index contributed by atoms with van der Waals surface area (Å²) in [7, 11) is 0. The molecule has 1 aromatic heterocycles. The number of imidazole rings is 1. The average Bonchev–Trinajstić information content (AvgIpc) is 3.01. The first-order valence-corrected chi connectivity index (χ1v) is 7.27. The fourth-order valence-corrected chi connectivity index (χ4v) is 2.50. The van der Waals surface area contributed by atoms with Crippen molar-refractivity contribution in [1.29, 1.82) is 0 Å². The van der Waals surface area contributed by atoms with Crippen molar-refractivity contribution in [3.63, 3.8) is 0 Å². The van der Waals surface area contributed by atoms with Crippen molar-refractivity contribution in [2.75, 3.05) is 37.7 Å². The fraction of sp³-hybridized carbons (Fsp3) is 0.400. The summed E-state index contributed by atoms with van der Waals surface area (Å²) < 4.78 is 35.7. The summed E-state index contributed by atoms with van der Waals surface area (Å²) in [6.45, 7) is 3.53. The number of aromatic nitrogens is 2. The molecule has 126 valence electrons. The molecule has 0 spiro atoms. The van der Waals surface area contributed by atoms with Crippen molar-refractivity contribution in [3.8, 4) is 5.75 Å². The number of rotatable bonds is 5. The van der Waals surface area contributed by atoms with Crippen molar-refractivity contribution in [1.82, 2.24) is 14.9 Å². The highest BCUT2D eigenvalue weighted by Gasteiger charge is 2.20. The minimum Gasteiger partial charge on any atom is -0.492 e. The van der Waals surface area contributed by atoms with Gasteiger partial charge >= 0.3 is 0 Å². The van der Waals surface area contributed by atoms with Gasteiger partial charge in [0, 0.05) is 50.7 Å². The second-order valence-corrected chi connectivity index (χ2v) is 5.12. The van der Waals surface area contributed by atoms with Crippen molar-refractivity contribution < 1.29 is 13.5 Å². The van der Waals surface area contributed by atoms with Gasteiger partial charge in [-0.3, -0.25) is 0 Å². The van der Waals surface area contributed by atoms with Gasteiger partial charge in [-0.15, -0.1) is 12.4 Å². The van der Waals surface area contributed by atoms with Gasteiger partial charge < -0.3 is 19.5 Å². The van der Waals surface area contributed by atoms with Gasteiger partial charge in [-0.05, 0) is 0 Å². The highest BCUT2D eigenvalue weighted by molar-refractivity contribution is 5.85. The number of piperazine rings is 1. The zero-order chi connectivity index (χ0) is 15.4. The highest BCUT2D eigenvalue weighted by atomic mass is 35.5. The Labute approximate surface area is 139 Å². The number of ether oxygens (including phenoxy) is 1. The van der Waals surface area contributed by atoms with Crippen molar-refractivity contribution in [3.05, 3.63) is 42.5 Å². The van der Waals surface area contributed by atoms with E-state index in [0.29, 0.717) is 26.2 Å². The van der Waals surface area contributed by atoms with E-state index in [2.05, 4.69) is 10.3 Å². The lowest BCUT2D eigenvalue weighted by atomic mass is 10.2. The third kappa shape index (κ3) is 4.33.